The molecule has 0 bridgehead atoms. The highest BCUT2D eigenvalue weighted by atomic mass is 16.6. The zero-order chi connectivity index (χ0) is 13.1. The van der Waals surface area contributed by atoms with Crippen LogP contribution in [-0.2, 0) is 4.74 Å². The molecule has 0 saturated carbocycles. The van der Waals surface area contributed by atoms with Crippen molar-refractivity contribution in [1.82, 2.24) is 4.57 Å². The summed E-state index contributed by atoms with van der Waals surface area (Å²) in [7, 11) is 0. The maximum Gasteiger partial charge on any atom is 0.418 e. The first-order valence-electron chi connectivity index (χ1n) is 5.02. The van der Waals surface area contributed by atoms with Gasteiger partial charge in [-0.05, 0) is 32.9 Å². The molecule has 0 unspecified atom stereocenters. The van der Waals surface area contributed by atoms with E-state index in [-0.39, 0.29) is 0 Å². The quantitative estimate of drug-likeness (QED) is 0.586. The summed E-state index contributed by atoms with van der Waals surface area (Å²) in [6, 6.07) is 3.20. The topological polar surface area (TPSA) is 74.4 Å². The van der Waals surface area contributed by atoms with Crippen LogP contribution < -0.4 is 0 Å². The van der Waals surface area contributed by atoms with E-state index in [4.69, 9.17) is 4.74 Å². The zero-order valence-electron chi connectivity index (χ0n) is 9.91. The van der Waals surface area contributed by atoms with Crippen LogP contribution in [0.2, 0.25) is 0 Å². The second-order valence-corrected chi connectivity index (χ2v) is 4.38. The number of nitrogens with zero attached hydrogens (tertiary/aromatic N) is 2. The normalized spacial score (nSPS) is 11.7. The smallest absolute Gasteiger partial charge is 0.418 e. The summed E-state index contributed by atoms with van der Waals surface area (Å²) in [5.41, 5.74) is -0.207. The van der Waals surface area contributed by atoms with Crippen molar-refractivity contribution >= 4 is 12.2 Å². The van der Waals surface area contributed by atoms with E-state index in [1.54, 1.807) is 32.9 Å². The molecule has 6 heteroatoms. The molecule has 0 radical (unpaired) electrons. The molecule has 6 nitrogen and oxygen atoms in total. The van der Waals surface area contributed by atoms with E-state index >= 15 is 0 Å². The van der Waals surface area contributed by atoms with Crippen molar-refractivity contribution in [3.05, 3.63) is 40.3 Å². The van der Waals surface area contributed by atoms with E-state index in [1.165, 1.54) is 16.8 Å². The molecule has 17 heavy (non-hydrogen) atoms. The Hall–Kier alpha value is -2.11. The number of carbonyl (C=O) groups excluding carboxylic acids is 1. The van der Waals surface area contributed by atoms with Gasteiger partial charge in [0, 0.05) is 12.3 Å². The lowest BCUT2D eigenvalue weighted by Crippen LogP contribution is -2.27. The van der Waals surface area contributed by atoms with Crippen LogP contribution in [0.3, 0.4) is 0 Å². The number of aromatic nitrogens is 1. The minimum Gasteiger partial charge on any atom is -0.443 e. The van der Waals surface area contributed by atoms with Crippen LogP contribution in [0.1, 0.15) is 26.5 Å². The molecule has 92 valence electrons. The van der Waals surface area contributed by atoms with E-state index < -0.39 is 16.6 Å². The van der Waals surface area contributed by atoms with Crippen molar-refractivity contribution < 1.29 is 14.5 Å². The van der Waals surface area contributed by atoms with Crippen molar-refractivity contribution in [3.8, 4) is 0 Å². The van der Waals surface area contributed by atoms with Gasteiger partial charge in [-0.2, -0.15) is 0 Å². The molecule has 0 aliphatic carbocycles. The number of hydrogen-bond acceptors (Lipinski definition) is 4. The fourth-order valence-electron chi connectivity index (χ4n) is 1.14. The molecule has 0 N–H and O–H groups in total. The van der Waals surface area contributed by atoms with Crippen molar-refractivity contribution in [2.45, 2.75) is 26.4 Å². The first-order valence-corrected chi connectivity index (χ1v) is 5.02. The molecule has 0 aromatic carbocycles. The van der Waals surface area contributed by atoms with Gasteiger partial charge in [-0.3, -0.25) is 14.7 Å². The highest BCUT2D eigenvalue weighted by molar-refractivity contribution is 5.74. The molecule has 0 amide bonds. The summed E-state index contributed by atoms with van der Waals surface area (Å²) in [4.78, 5) is 21.3. The SMILES string of the molecule is CC(C)(C)OC(=O)n1cccc1/C=C/[N+](=O)[O-]. The number of hydrogen-bond donors (Lipinski definition) is 0. The Morgan fingerprint density at radius 3 is 2.71 bits per heavy atom. The van der Waals surface area contributed by atoms with Crippen LogP contribution >= 0.6 is 0 Å². The average molecular weight is 238 g/mol. The lowest BCUT2D eigenvalue weighted by molar-refractivity contribution is -0.401. The van der Waals surface area contributed by atoms with E-state index in [1.807, 2.05) is 0 Å². The third kappa shape index (κ3) is 4.10. The van der Waals surface area contributed by atoms with Crippen LogP contribution in [0.4, 0.5) is 4.79 Å². The molecule has 1 heterocycles. The molecule has 0 saturated heterocycles. The summed E-state index contributed by atoms with van der Waals surface area (Å²) in [5, 5.41) is 10.2. The summed E-state index contributed by atoms with van der Waals surface area (Å²) >= 11 is 0. The van der Waals surface area contributed by atoms with Gasteiger partial charge in [0.1, 0.15) is 5.60 Å². The fourth-order valence-corrected chi connectivity index (χ4v) is 1.14. The Bertz CT molecular complexity index is 454. The molecule has 1 rings (SSSR count). The van der Waals surface area contributed by atoms with E-state index in [0.717, 1.165) is 6.20 Å². The van der Waals surface area contributed by atoms with Crippen molar-refractivity contribution in [2.24, 2.45) is 0 Å². The predicted octanol–water partition coefficient (Wildman–Crippen LogP) is 2.52. The molecular formula is C11H14N2O4. The Kier molecular flexibility index (Phi) is 3.67. The van der Waals surface area contributed by atoms with Gasteiger partial charge in [0.25, 0.3) is 0 Å². The molecule has 0 spiro atoms. The Balaban J connectivity index is 2.89. The van der Waals surface area contributed by atoms with Gasteiger partial charge in [-0.1, -0.05) is 0 Å². The Morgan fingerprint density at radius 2 is 2.18 bits per heavy atom. The lowest BCUT2D eigenvalue weighted by Gasteiger charge is -2.19. The molecule has 0 atom stereocenters. The van der Waals surface area contributed by atoms with Crippen LogP contribution in [0, 0.1) is 10.1 Å². The second kappa shape index (κ2) is 4.82. The molecule has 1 aromatic rings. The molecule has 0 aliphatic rings. The van der Waals surface area contributed by atoms with Crippen molar-refractivity contribution in [1.29, 1.82) is 0 Å². The summed E-state index contributed by atoms with van der Waals surface area (Å²) in [5.74, 6) is 0. The molecule has 1 aromatic heterocycles. The third-order valence-corrected chi connectivity index (χ3v) is 1.74. The van der Waals surface area contributed by atoms with E-state index in [9.17, 15) is 14.9 Å². The van der Waals surface area contributed by atoms with Gasteiger partial charge < -0.3 is 4.74 Å². The van der Waals surface area contributed by atoms with Crippen LogP contribution in [0.25, 0.3) is 6.08 Å². The van der Waals surface area contributed by atoms with Crippen LogP contribution in [-0.4, -0.2) is 21.2 Å². The highest BCUT2D eigenvalue weighted by Gasteiger charge is 2.18. The standard InChI is InChI=1S/C11H14N2O4/c1-11(2,3)17-10(14)12-7-4-5-9(12)6-8-13(15)16/h4-8H,1-3H3/b8-6+. The third-order valence-electron chi connectivity index (χ3n) is 1.74. The van der Waals surface area contributed by atoms with E-state index in [2.05, 4.69) is 0 Å². The lowest BCUT2D eigenvalue weighted by atomic mass is 10.2. The zero-order valence-corrected chi connectivity index (χ0v) is 9.91. The van der Waals surface area contributed by atoms with Crippen molar-refractivity contribution in [2.75, 3.05) is 0 Å². The van der Waals surface area contributed by atoms with Gasteiger partial charge in [0.15, 0.2) is 0 Å². The van der Waals surface area contributed by atoms with Gasteiger partial charge in [0.2, 0.25) is 6.20 Å². The fraction of sp³-hybridized carbons (Fsp3) is 0.364. The minimum atomic E-state index is -0.606. The van der Waals surface area contributed by atoms with Gasteiger partial charge in [-0.25, -0.2) is 4.79 Å². The monoisotopic (exact) mass is 238 g/mol. The highest BCUT2D eigenvalue weighted by Crippen LogP contribution is 2.12. The molecule has 0 aliphatic heterocycles. The Labute approximate surface area is 98.6 Å². The minimum absolute atomic E-state index is 0.399. The number of nitro groups is 1. The first kappa shape index (κ1) is 13.0. The van der Waals surface area contributed by atoms with Gasteiger partial charge >= 0.3 is 6.09 Å². The second-order valence-electron chi connectivity index (χ2n) is 4.38. The Morgan fingerprint density at radius 1 is 1.53 bits per heavy atom. The molecular weight excluding hydrogens is 224 g/mol. The summed E-state index contributed by atoms with van der Waals surface area (Å²) in [6.07, 6.45) is 2.94. The largest absolute Gasteiger partial charge is 0.443 e. The van der Waals surface area contributed by atoms with Gasteiger partial charge in [-0.15, -0.1) is 0 Å². The number of carbonyl (C=O) groups is 1. The molecule has 0 fully saturated rings. The maximum absolute atomic E-state index is 11.7. The van der Waals surface area contributed by atoms with E-state index in [0.29, 0.717) is 5.69 Å². The number of ether oxygens (including phenoxy) is 1. The average Bonchev–Trinajstić information content (AvgIpc) is 2.59. The first-order chi connectivity index (χ1) is 7.79. The van der Waals surface area contributed by atoms with Crippen LogP contribution in [0.15, 0.2) is 24.5 Å². The van der Waals surface area contributed by atoms with Gasteiger partial charge in [0.05, 0.1) is 10.6 Å². The predicted molar refractivity (Wildman–Crippen MR) is 62.1 cm³/mol. The number of rotatable bonds is 2. The van der Waals surface area contributed by atoms with Crippen molar-refractivity contribution in [3.63, 3.8) is 0 Å². The summed E-state index contributed by atoms with van der Waals surface area (Å²) in [6.45, 7) is 5.25. The maximum atomic E-state index is 11.7. The summed E-state index contributed by atoms with van der Waals surface area (Å²) < 4.78 is 6.36. The van der Waals surface area contributed by atoms with Crippen LogP contribution in [0.5, 0.6) is 0 Å².